The molecule has 5 heteroatoms. The van der Waals surface area contributed by atoms with E-state index in [-0.39, 0.29) is 11.8 Å². The molecule has 0 bridgehead atoms. The molecule has 1 fully saturated rings. The van der Waals surface area contributed by atoms with Gasteiger partial charge in [0.1, 0.15) is 5.75 Å². The normalized spacial score (nSPS) is 13.7. The Balaban J connectivity index is 1.36. The Morgan fingerprint density at radius 1 is 1.00 bits per heavy atom. The number of fused-ring (bicyclic) bond motifs is 1. The second-order valence-electron chi connectivity index (χ2n) is 7.35. The van der Waals surface area contributed by atoms with Gasteiger partial charge < -0.3 is 15.0 Å². The van der Waals surface area contributed by atoms with Gasteiger partial charge in [0.15, 0.2) is 0 Å². The van der Waals surface area contributed by atoms with E-state index in [0.717, 1.165) is 40.6 Å². The van der Waals surface area contributed by atoms with Gasteiger partial charge in [0.2, 0.25) is 5.91 Å². The van der Waals surface area contributed by atoms with E-state index < -0.39 is 0 Å². The summed E-state index contributed by atoms with van der Waals surface area (Å²) >= 11 is 0. The Hall–Kier alpha value is -3.34. The molecule has 1 heterocycles. The summed E-state index contributed by atoms with van der Waals surface area (Å²) in [6.07, 6.45) is 1.57. The van der Waals surface area contributed by atoms with Crippen molar-refractivity contribution in [1.29, 1.82) is 0 Å². The molecule has 3 aromatic rings. The molecule has 0 aromatic heterocycles. The highest BCUT2D eigenvalue weighted by Crippen LogP contribution is 2.22. The van der Waals surface area contributed by atoms with Crippen molar-refractivity contribution in [2.45, 2.75) is 25.9 Å². The topological polar surface area (TPSA) is 58.6 Å². The zero-order chi connectivity index (χ0) is 20.2. The summed E-state index contributed by atoms with van der Waals surface area (Å²) in [5, 5.41) is 5.19. The Morgan fingerprint density at radius 3 is 2.45 bits per heavy atom. The number of amides is 2. The Labute approximate surface area is 170 Å². The maximum absolute atomic E-state index is 12.5. The van der Waals surface area contributed by atoms with Gasteiger partial charge in [-0.1, -0.05) is 30.3 Å². The number of methoxy groups -OCH3 is 1. The van der Waals surface area contributed by atoms with E-state index in [1.807, 2.05) is 59.5 Å². The van der Waals surface area contributed by atoms with Crippen LogP contribution in [0.1, 0.15) is 34.3 Å². The third kappa shape index (κ3) is 4.40. The van der Waals surface area contributed by atoms with E-state index in [1.54, 1.807) is 7.11 Å². The third-order valence-electron chi connectivity index (χ3n) is 5.33. The molecule has 0 unspecified atom stereocenters. The highest BCUT2D eigenvalue weighted by molar-refractivity contribution is 5.94. The number of carbonyl (C=O) groups excluding carboxylic acids is 2. The summed E-state index contributed by atoms with van der Waals surface area (Å²) in [4.78, 5) is 26.1. The van der Waals surface area contributed by atoms with Crippen LogP contribution in [0, 0.1) is 0 Å². The van der Waals surface area contributed by atoms with Crippen molar-refractivity contribution in [3.8, 4) is 5.75 Å². The number of benzene rings is 3. The first kappa shape index (κ1) is 19.0. The van der Waals surface area contributed by atoms with Crippen molar-refractivity contribution in [1.82, 2.24) is 10.2 Å². The lowest BCUT2D eigenvalue weighted by atomic mass is 10.1. The lowest BCUT2D eigenvalue weighted by Gasteiger charge is -2.15. The van der Waals surface area contributed by atoms with Gasteiger partial charge in [0, 0.05) is 31.6 Å². The number of rotatable bonds is 6. The van der Waals surface area contributed by atoms with Crippen LogP contribution in [0.5, 0.6) is 5.75 Å². The van der Waals surface area contributed by atoms with Crippen LogP contribution in [0.15, 0.2) is 60.7 Å². The zero-order valence-corrected chi connectivity index (χ0v) is 16.5. The van der Waals surface area contributed by atoms with Crippen molar-refractivity contribution >= 4 is 22.6 Å². The Kier molecular flexibility index (Phi) is 5.47. The minimum atomic E-state index is -0.108. The molecule has 2 amide bonds. The molecule has 1 aliphatic rings. The predicted molar refractivity (Wildman–Crippen MR) is 113 cm³/mol. The Morgan fingerprint density at radius 2 is 1.72 bits per heavy atom. The average molecular weight is 388 g/mol. The molecule has 1 saturated heterocycles. The van der Waals surface area contributed by atoms with Crippen LogP contribution in [0.4, 0.5) is 0 Å². The van der Waals surface area contributed by atoms with Crippen LogP contribution >= 0.6 is 0 Å². The van der Waals surface area contributed by atoms with E-state index in [0.29, 0.717) is 25.1 Å². The first-order chi connectivity index (χ1) is 14.1. The molecule has 4 rings (SSSR count). The van der Waals surface area contributed by atoms with Gasteiger partial charge in [0.25, 0.3) is 5.91 Å². The van der Waals surface area contributed by atoms with Crippen molar-refractivity contribution in [3.05, 3.63) is 77.4 Å². The van der Waals surface area contributed by atoms with E-state index in [4.69, 9.17) is 4.74 Å². The van der Waals surface area contributed by atoms with Crippen LogP contribution in [0.2, 0.25) is 0 Å². The molecule has 0 saturated carbocycles. The van der Waals surface area contributed by atoms with Crippen LogP contribution in [0.25, 0.3) is 10.8 Å². The Bertz CT molecular complexity index is 1040. The van der Waals surface area contributed by atoms with Gasteiger partial charge in [0.05, 0.1) is 7.11 Å². The first-order valence-electron chi connectivity index (χ1n) is 9.84. The number of hydrogen-bond acceptors (Lipinski definition) is 3. The molecular weight excluding hydrogens is 364 g/mol. The average Bonchev–Trinajstić information content (AvgIpc) is 3.16. The summed E-state index contributed by atoms with van der Waals surface area (Å²) in [5.74, 6) is 0.931. The highest BCUT2D eigenvalue weighted by atomic mass is 16.5. The number of likely N-dealkylation sites (tertiary alicyclic amines) is 1. The molecule has 3 aromatic carbocycles. The lowest BCUT2D eigenvalue weighted by molar-refractivity contribution is -0.128. The van der Waals surface area contributed by atoms with Gasteiger partial charge in [-0.05, 0) is 58.7 Å². The number of nitrogens with zero attached hydrogens (tertiary/aromatic N) is 1. The molecular formula is C24H24N2O3. The smallest absolute Gasteiger partial charge is 0.251 e. The molecule has 29 heavy (non-hydrogen) atoms. The van der Waals surface area contributed by atoms with Crippen LogP contribution in [-0.4, -0.2) is 30.4 Å². The largest absolute Gasteiger partial charge is 0.497 e. The summed E-state index contributed by atoms with van der Waals surface area (Å²) in [6, 6.07) is 19.5. The second kappa shape index (κ2) is 8.35. The maximum Gasteiger partial charge on any atom is 0.251 e. The number of carbonyl (C=O) groups is 2. The quantitative estimate of drug-likeness (QED) is 0.697. The molecule has 0 aliphatic carbocycles. The summed E-state index contributed by atoms with van der Waals surface area (Å²) in [5.41, 5.74) is 2.70. The maximum atomic E-state index is 12.5. The summed E-state index contributed by atoms with van der Waals surface area (Å²) in [7, 11) is 1.66. The molecule has 0 atom stereocenters. The predicted octanol–water partition coefficient (Wildman–Crippen LogP) is 3.90. The van der Waals surface area contributed by atoms with Crippen LogP contribution in [-0.2, 0) is 17.9 Å². The summed E-state index contributed by atoms with van der Waals surface area (Å²) in [6.45, 7) is 1.90. The van der Waals surface area contributed by atoms with Crippen molar-refractivity contribution in [2.75, 3.05) is 13.7 Å². The van der Waals surface area contributed by atoms with E-state index in [1.165, 1.54) is 0 Å². The SMILES string of the molecule is COc1ccc2cc(CNC(=O)c3ccc(CN4CCCC4=O)cc3)ccc2c1. The number of nitrogens with one attached hydrogen (secondary N) is 1. The number of ether oxygens (including phenoxy) is 1. The number of hydrogen-bond donors (Lipinski definition) is 1. The van der Waals surface area contributed by atoms with Gasteiger partial charge in [-0.25, -0.2) is 0 Å². The highest BCUT2D eigenvalue weighted by Gasteiger charge is 2.20. The molecule has 1 N–H and O–H groups in total. The van der Waals surface area contributed by atoms with Gasteiger partial charge >= 0.3 is 0 Å². The van der Waals surface area contributed by atoms with E-state index >= 15 is 0 Å². The minimum absolute atomic E-state index is 0.108. The molecule has 0 radical (unpaired) electrons. The standard InChI is InChI=1S/C24H24N2O3/c1-29-22-11-10-20-13-18(6-9-21(20)14-22)15-25-24(28)19-7-4-17(5-8-19)16-26-12-2-3-23(26)27/h4-11,13-14H,2-3,12,15-16H2,1H3,(H,25,28). The van der Waals surface area contributed by atoms with Crippen molar-refractivity contribution < 1.29 is 14.3 Å². The lowest BCUT2D eigenvalue weighted by Crippen LogP contribution is -2.24. The van der Waals surface area contributed by atoms with Gasteiger partial charge in [-0.2, -0.15) is 0 Å². The second-order valence-corrected chi connectivity index (χ2v) is 7.35. The fourth-order valence-electron chi connectivity index (χ4n) is 3.65. The molecule has 148 valence electrons. The summed E-state index contributed by atoms with van der Waals surface area (Å²) < 4.78 is 5.25. The monoisotopic (exact) mass is 388 g/mol. The third-order valence-corrected chi connectivity index (χ3v) is 5.33. The van der Waals surface area contributed by atoms with Gasteiger partial charge in [-0.3, -0.25) is 9.59 Å². The van der Waals surface area contributed by atoms with Crippen molar-refractivity contribution in [2.24, 2.45) is 0 Å². The van der Waals surface area contributed by atoms with Crippen LogP contribution < -0.4 is 10.1 Å². The van der Waals surface area contributed by atoms with Crippen molar-refractivity contribution in [3.63, 3.8) is 0 Å². The zero-order valence-electron chi connectivity index (χ0n) is 16.5. The fourth-order valence-corrected chi connectivity index (χ4v) is 3.65. The van der Waals surface area contributed by atoms with Crippen LogP contribution in [0.3, 0.4) is 0 Å². The van der Waals surface area contributed by atoms with E-state index in [9.17, 15) is 9.59 Å². The van der Waals surface area contributed by atoms with Gasteiger partial charge in [-0.15, -0.1) is 0 Å². The minimum Gasteiger partial charge on any atom is -0.497 e. The molecule has 1 aliphatic heterocycles. The molecule has 0 spiro atoms. The fraction of sp³-hybridized carbons (Fsp3) is 0.250. The molecule has 5 nitrogen and oxygen atoms in total. The van der Waals surface area contributed by atoms with E-state index in [2.05, 4.69) is 11.4 Å². The first-order valence-corrected chi connectivity index (χ1v) is 9.84.